The molecule has 0 aromatic rings. The molecule has 0 fully saturated rings. The van der Waals surface area contributed by atoms with Crippen molar-refractivity contribution >= 4 is 17.2 Å². The predicted molar refractivity (Wildman–Crippen MR) is 42.3 cm³/mol. The summed E-state index contributed by atoms with van der Waals surface area (Å²) < 4.78 is 0. The summed E-state index contributed by atoms with van der Waals surface area (Å²) in [4.78, 5) is 0. The highest BCUT2D eigenvalue weighted by molar-refractivity contribution is 8.02. The van der Waals surface area contributed by atoms with Crippen LogP contribution in [0.5, 0.6) is 0 Å². The third-order valence-electron chi connectivity index (χ3n) is 0.628. The van der Waals surface area contributed by atoms with Crippen LogP contribution < -0.4 is 0 Å². The van der Waals surface area contributed by atoms with Crippen LogP contribution in [0.3, 0.4) is 0 Å². The molecule has 0 spiro atoms. The molecule has 0 bridgehead atoms. The summed E-state index contributed by atoms with van der Waals surface area (Å²) in [6.45, 7) is 4.26. The fourth-order valence-electron chi connectivity index (χ4n) is 0.263. The van der Waals surface area contributed by atoms with E-state index in [0.29, 0.717) is 0 Å². The zero-order valence-electron chi connectivity index (χ0n) is 4.86. The molecule has 2 heteroatoms. The van der Waals surface area contributed by atoms with Crippen molar-refractivity contribution in [2.45, 2.75) is 13.8 Å². The Labute approximate surface area is 49.6 Å². The van der Waals surface area contributed by atoms with Gasteiger partial charge in [-0.15, -0.1) is 8.93 Å². The van der Waals surface area contributed by atoms with E-state index in [1.165, 1.54) is 11.7 Å². The summed E-state index contributed by atoms with van der Waals surface area (Å²) in [5.41, 5.74) is 1.43. The molecular weight excluding hydrogens is 122 g/mol. The molecule has 0 saturated heterocycles. The lowest BCUT2D eigenvalue weighted by molar-refractivity contribution is 1.37. The summed E-state index contributed by atoms with van der Waals surface area (Å²) in [6.07, 6.45) is 3.48. The van der Waals surface area contributed by atoms with Crippen LogP contribution in [-0.2, 0) is 0 Å². The lowest BCUT2D eigenvalue weighted by atomic mass is 10.3. The van der Waals surface area contributed by atoms with E-state index in [2.05, 4.69) is 28.9 Å². The van der Waals surface area contributed by atoms with Gasteiger partial charge in [0, 0.05) is 0 Å². The van der Waals surface area contributed by atoms with Gasteiger partial charge in [0.25, 0.3) is 0 Å². The largest absolute Gasteiger partial charge is 0.114 e. The van der Waals surface area contributed by atoms with Gasteiger partial charge in [-0.1, -0.05) is 19.9 Å². The topological polar surface area (TPSA) is 0 Å². The van der Waals surface area contributed by atoms with E-state index in [1.54, 1.807) is 0 Å². The van der Waals surface area contributed by atoms with Crippen molar-refractivity contribution in [1.29, 1.82) is 0 Å². The fraction of sp³-hybridized carbons (Fsp3) is 0.600. The maximum atomic E-state index is 2.73. The van der Waals surface area contributed by atoms with Crippen molar-refractivity contribution in [2.24, 2.45) is 0 Å². The highest BCUT2D eigenvalue weighted by Crippen LogP contribution is 2.19. The van der Waals surface area contributed by atoms with Crippen molar-refractivity contribution in [2.75, 3.05) is 6.16 Å². The molecule has 0 rings (SSSR count). The Morgan fingerprint density at radius 2 is 2.29 bits per heavy atom. The Morgan fingerprint density at radius 3 is 2.43 bits per heavy atom. The smallest absolute Gasteiger partial charge is 0.0136 e. The highest BCUT2D eigenvalue weighted by atomic mass is 32.0. The molecule has 0 nitrogen and oxygen atoms in total. The molecular formula is C5H12P2. The van der Waals surface area contributed by atoms with Crippen LogP contribution in [0.2, 0.25) is 0 Å². The molecule has 0 radical (unpaired) electrons. The van der Waals surface area contributed by atoms with Crippen molar-refractivity contribution < 1.29 is 0 Å². The third kappa shape index (κ3) is 6.60. The Kier molecular flexibility index (Phi) is 5.16. The van der Waals surface area contributed by atoms with Crippen LogP contribution in [-0.4, -0.2) is 6.16 Å². The van der Waals surface area contributed by atoms with Crippen LogP contribution in [0.15, 0.2) is 11.6 Å². The van der Waals surface area contributed by atoms with Crippen LogP contribution in [0.1, 0.15) is 13.8 Å². The molecule has 0 aromatic carbocycles. The third-order valence-corrected chi connectivity index (χ3v) is 1.78. The van der Waals surface area contributed by atoms with Gasteiger partial charge in [0.1, 0.15) is 0 Å². The van der Waals surface area contributed by atoms with Crippen molar-refractivity contribution in [3.05, 3.63) is 11.6 Å². The minimum Gasteiger partial charge on any atom is -0.114 e. The minimum atomic E-state index is 0.991. The zero-order chi connectivity index (χ0) is 5.70. The molecule has 0 aliphatic rings. The second-order valence-corrected chi connectivity index (χ2v) is 3.73. The van der Waals surface area contributed by atoms with E-state index in [0.717, 1.165) is 8.27 Å². The molecule has 42 valence electrons. The lowest BCUT2D eigenvalue weighted by Gasteiger charge is -1.85. The maximum Gasteiger partial charge on any atom is -0.0136 e. The van der Waals surface area contributed by atoms with Crippen LogP contribution in [0, 0.1) is 0 Å². The summed E-state index contributed by atoms with van der Waals surface area (Å²) in [5.74, 6) is 0. The van der Waals surface area contributed by atoms with Gasteiger partial charge in [-0.25, -0.2) is 0 Å². The van der Waals surface area contributed by atoms with Crippen molar-refractivity contribution in [3.8, 4) is 0 Å². The van der Waals surface area contributed by atoms with Gasteiger partial charge in [-0.2, -0.15) is 0 Å². The van der Waals surface area contributed by atoms with E-state index in [4.69, 9.17) is 0 Å². The van der Waals surface area contributed by atoms with Crippen molar-refractivity contribution in [3.63, 3.8) is 0 Å². The SMILES string of the molecule is CC(C)=CCPP. The molecule has 0 saturated carbocycles. The number of allylic oxidation sites excluding steroid dienone is 2. The van der Waals surface area contributed by atoms with E-state index in [9.17, 15) is 0 Å². The zero-order valence-corrected chi connectivity index (χ0v) is 7.02. The predicted octanol–water partition coefficient (Wildman–Crippen LogP) is 2.42. The normalized spacial score (nSPS) is 10.1. The number of hydrogen-bond donors (Lipinski definition) is 0. The molecule has 2 atom stereocenters. The highest BCUT2D eigenvalue weighted by Gasteiger charge is 1.72. The first-order valence-corrected chi connectivity index (χ1v) is 5.36. The minimum absolute atomic E-state index is 0.991. The Balaban J connectivity index is 3.08. The second-order valence-electron chi connectivity index (χ2n) is 1.69. The summed E-state index contributed by atoms with van der Waals surface area (Å²) in [7, 11) is 3.72. The van der Waals surface area contributed by atoms with E-state index in [-0.39, 0.29) is 0 Å². The fourth-order valence-corrected chi connectivity index (χ4v) is 1.14. The molecule has 2 unspecified atom stereocenters. The molecule has 0 amide bonds. The van der Waals surface area contributed by atoms with Crippen LogP contribution in [0.4, 0.5) is 0 Å². The van der Waals surface area contributed by atoms with E-state index >= 15 is 0 Å². The Morgan fingerprint density at radius 1 is 1.71 bits per heavy atom. The first kappa shape index (κ1) is 7.60. The second kappa shape index (κ2) is 4.75. The van der Waals surface area contributed by atoms with Gasteiger partial charge in [-0.3, -0.25) is 0 Å². The molecule has 7 heavy (non-hydrogen) atoms. The Bertz CT molecular complexity index is 62.5. The number of rotatable bonds is 2. The first-order valence-electron chi connectivity index (χ1n) is 2.34. The standard InChI is InChI=1S/C5H12P2/c1-5(2)3-4-7-6/h3,7H,4,6H2,1-2H3. The Hall–Kier alpha value is 0.600. The quantitative estimate of drug-likeness (QED) is 0.402. The monoisotopic (exact) mass is 134 g/mol. The average molecular weight is 134 g/mol. The van der Waals surface area contributed by atoms with Gasteiger partial charge in [0.15, 0.2) is 0 Å². The maximum absolute atomic E-state index is 2.73. The van der Waals surface area contributed by atoms with Crippen molar-refractivity contribution in [1.82, 2.24) is 0 Å². The molecule has 0 aliphatic heterocycles. The number of hydrogen-bond acceptors (Lipinski definition) is 0. The summed E-state index contributed by atoms with van der Waals surface area (Å²) in [6, 6.07) is 0. The summed E-state index contributed by atoms with van der Waals surface area (Å²) in [5, 5.41) is 0. The van der Waals surface area contributed by atoms with Gasteiger partial charge >= 0.3 is 0 Å². The van der Waals surface area contributed by atoms with E-state index in [1.807, 2.05) is 0 Å². The average Bonchev–Trinajstić information content (AvgIpc) is 1.61. The molecule has 0 N–H and O–H groups in total. The van der Waals surface area contributed by atoms with E-state index < -0.39 is 0 Å². The van der Waals surface area contributed by atoms with Gasteiger partial charge in [-0.05, 0) is 20.0 Å². The molecule has 0 heterocycles. The van der Waals surface area contributed by atoms with Gasteiger partial charge < -0.3 is 0 Å². The molecule has 0 aliphatic carbocycles. The first-order chi connectivity index (χ1) is 3.27. The lowest BCUT2D eigenvalue weighted by Crippen LogP contribution is -1.64. The van der Waals surface area contributed by atoms with Gasteiger partial charge in [0.05, 0.1) is 0 Å². The van der Waals surface area contributed by atoms with Crippen LogP contribution in [0.25, 0.3) is 0 Å². The summed E-state index contributed by atoms with van der Waals surface area (Å²) >= 11 is 0. The van der Waals surface area contributed by atoms with Crippen LogP contribution >= 0.6 is 17.2 Å². The van der Waals surface area contributed by atoms with Gasteiger partial charge in [0.2, 0.25) is 0 Å². The molecule has 0 aromatic heterocycles.